The van der Waals surface area contributed by atoms with Gasteiger partial charge < -0.3 is 16.0 Å². The lowest BCUT2D eigenvalue weighted by atomic mass is 10.1. The summed E-state index contributed by atoms with van der Waals surface area (Å²) in [6, 6.07) is 8.41. The molecular weight excluding hydrogens is 387 g/mol. The summed E-state index contributed by atoms with van der Waals surface area (Å²) < 4.78 is 0. The smallest absolute Gasteiger partial charge is 0.188 e. The summed E-state index contributed by atoms with van der Waals surface area (Å²) in [6.45, 7) is 8.11. The standard InChI is InChI=1S/C17H26N4.HI/c1-12(2)8-10-19-17(18)20-11-9-14-13(3)21-16-7-5-4-6-15(14)16;/h4-7,12,21H,8-11H2,1-3H3,(H3,18,19,20);1H. The molecular formula is C17H27IN4. The number of benzene rings is 1. The van der Waals surface area contributed by atoms with Crippen molar-refractivity contribution in [3.05, 3.63) is 35.5 Å². The number of aliphatic imine (C=N–C) groups is 1. The van der Waals surface area contributed by atoms with Gasteiger partial charge in [-0.3, -0.25) is 4.99 Å². The first kappa shape index (κ1) is 18.8. The molecule has 0 atom stereocenters. The summed E-state index contributed by atoms with van der Waals surface area (Å²) in [5.41, 5.74) is 9.66. The van der Waals surface area contributed by atoms with Crippen LogP contribution in [0.25, 0.3) is 10.9 Å². The first-order valence-electron chi connectivity index (χ1n) is 7.68. The second kappa shape index (κ2) is 9.02. The van der Waals surface area contributed by atoms with Crippen LogP contribution in [0.5, 0.6) is 0 Å². The van der Waals surface area contributed by atoms with E-state index < -0.39 is 0 Å². The quantitative estimate of drug-likeness (QED) is 0.384. The highest BCUT2D eigenvalue weighted by Crippen LogP contribution is 2.21. The van der Waals surface area contributed by atoms with Crippen LogP contribution in [0.1, 0.15) is 31.5 Å². The van der Waals surface area contributed by atoms with E-state index in [2.05, 4.69) is 60.3 Å². The van der Waals surface area contributed by atoms with Gasteiger partial charge in [-0.05, 0) is 37.3 Å². The number of halogens is 1. The minimum absolute atomic E-state index is 0. The Morgan fingerprint density at radius 2 is 2.05 bits per heavy atom. The number of nitrogens with zero attached hydrogens (tertiary/aromatic N) is 1. The second-order valence-corrected chi connectivity index (χ2v) is 5.90. The highest BCUT2D eigenvalue weighted by molar-refractivity contribution is 14.0. The molecule has 122 valence electrons. The number of guanidine groups is 1. The topological polar surface area (TPSA) is 66.2 Å². The summed E-state index contributed by atoms with van der Waals surface area (Å²) in [4.78, 5) is 7.77. The van der Waals surface area contributed by atoms with Gasteiger partial charge in [0, 0.05) is 29.7 Å². The summed E-state index contributed by atoms with van der Waals surface area (Å²) in [6.07, 6.45) is 2.01. The zero-order valence-corrected chi connectivity index (χ0v) is 16.0. The fraction of sp³-hybridized carbons (Fsp3) is 0.471. The van der Waals surface area contributed by atoms with E-state index in [1.165, 1.54) is 22.2 Å². The minimum atomic E-state index is 0. The van der Waals surface area contributed by atoms with Gasteiger partial charge in [0.05, 0.1) is 0 Å². The number of fused-ring (bicyclic) bond motifs is 1. The number of nitrogens with two attached hydrogens (primary N) is 1. The predicted molar refractivity (Wildman–Crippen MR) is 106 cm³/mol. The van der Waals surface area contributed by atoms with E-state index in [0.717, 1.165) is 25.9 Å². The largest absolute Gasteiger partial charge is 0.370 e. The number of rotatable bonds is 6. The molecule has 0 saturated heterocycles. The van der Waals surface area contributed by atoms with Gasteiger partial charge in [0.2, 0.25) is 0 Å². The Hall–Kier alpha value is -1.24. The van der Waals surface area contributed by atoms with Crippen LogP contribution in [0, 0.1) is 12.8 Å². The molecule has 2 aromatic rings. The van der Waals surface area contributed by atoms with Crippen LogP contribution in [0.2, 0.25) is 0 Å². The van der Waals surface area contributed by atoms with Gasteiger partial charge >= 0.3 is 0 Å². The molecule has 0 unspecified atom stereocenters. The molecule has 0 amide bonds. The van der Waals surface area contributed by atoms with Crippen molar-refractivity contribution in [2.24, 2.45) is 16.6 Å². The minimum Gasteiger partial charge on any atom is -0.370 e. The van der Waals surface area contributed by atoms with Gasteiger partial charge in [0.1, 0.15) is 0 Å². The molecule has 2 rings (SSSR count). The van der Waals surface area contributed by atoms with Crippen LogP contribution in [0.4, 0.5) is 0 Å². The van der Waals surface area contributed by atoms with Crippen molar-refractivity contribution in [2.75, 3.05) is 13.1 Å². The third-order valence-corrected chi connectivity index (χ3v) is 3.70. The van der Waals surface area contributed by atoms with E-state index in [-0.39, 0.29) is 24.0 Å². The average Bonchev–Trinajstić information content (AvgIpc) is 2.75. The molecule has 0 aliphatic rings. The van der Waals surface area contributed by atoms with Crippen LogP contribution in [0.15, 0.2) is 29.3 Å². The van der Waals surface area contributed by atoms with Crippen molar-refractivity contribution in [1.82, 2.24) is 10.3 Å². The van der Waals surface area contributed by atoms with Crippen molar-refractivity contribution < 1.29 is 0 Å². The first-order chi connectivity index (χ1) is 10.1. The van der Waals surface area contributed by atoms with Crippen LogP contribution in [0.3, 0.4) is 0 Å². The molecule has 1 aromatic heterocycles. The molecule has 0 bridgehead atoms. The lowest BCUT2D eigenvalue weighted by Gasteiger charge is -2.07. The SMILES string of the molecule is Cc1[nH]c2ccccc2c1CCNC(N)=NCCC(C)C.I. The third-order valence-electron chi connectivity index (χ3n) is 3.70. The molecule has 22 heavy (non-hydrogen) atoms. The van der Waals surface area contributed by atoms with Gasteiger partial charge in [-0.2, -0.15) is 0 Å². The van der Waals surface area contributed by atoms with Gasteiger partial charge in [-0.15, -0.1) is 24.0 Å². The zero-order chi connectivity index (χ0) is 15.2. The lowest BCUT2D eigenvalue weighted by molar-refractivity contribution is 0.595. The summed E-state index contributed by atoms with van der Waals surface area (Å²) >= 11 is 0. The lowest BCUT2D eigenvalue weighted by Crippen LogP contribution is -2.33. The van der Waals surface area contributed by atoms with Crippen molar-refractivity contribution in [3.63, 3.8) is 0 Å². The maximum absolute atomic E-state index is 5.88. The van der Waals surface area contributed by atoms with Gasteiger partial charge in [0.15, 0.2) is 5.96 Å². The number of aromatic amines is 1. The molecule has 0 radical (unpaired) electrons. The maximum atomic E-state index is 5.88. The molecule has 0 spiro atoms. The number of hydrogen-bond acceptors (Lipinski definition) is 1. The highest BCUT2D eigenvalue weighted by atomic mass is 127. The molecule has 0 aliphatic heterocycles. The molecule has 1 aromatic carbocycles. The average molecular weight is 414 g/mol. The first-order valence-corrected chi connectivity index (χ1v) is 7.68. The Balaban J connectivity index is 0.00000242. The molecule has 0 saturated carbocycles. The fourth-order valence-electron chi connectivity index (χ4n) is 2.47. The van der Waals surface area contributed by atoms with Gasteiger partial charge in [0.25, 0.3) is 0 Å². The molecule has 5 heteroatoms. The highest BCUT2D eigenvalue weighted by Gasteiger charge is 2.07. The van der Waals surface area contributed by atoms with Crippen LogP contribution >= 0.6 is 24.0 Å². The van der Waals surface area contributed by atoms with E-state index in [1.807, 2.05) is 0 Å². The normalized spacial score (nSPS) is 11.7. The molecule has 1 heterocycles. The molecule has 4 nitrogen and oxygen atoms in total. The number of hydrogen-bond donors (Lipinski definition) is 3. The van der Waals surface area contributed by atoms with Crippen molar-refractivity contribution in [3.8, 4) is 0 Å². The van der Waals surface area contributed by atoms with Crippen molar-refractivity contribution >= 4 is 40.8 Å². The van der Waals surface area contributed by atoms with Gasteiger partial charge in [-0.25, -0.2) is 0 Å². The number of para-hydroxylation sites is 1. The monoisotopic (exact) mass is 414 g/mol. The van der Waals surface area contributed by atoms with E-state index in [9.17, 15) is 0 Å². The number of aryl methyl sites for hydroxylation is 1. The van der Waals surface area contributed by atoms with Crippen LogP contribution < -0.4 is 11.1 Å². The predicted octanol–water partition coefficient (Wildman–Crippen LogP) is 3.59. The van der Waals surface area contributed by atoms with Gasteiger partial charge in [-0.1, -0.05) is 32.0 Å². The number of H-pyrrole nitrogens is 1. The van der Waals surface area contributed by atoms with E-state index in [1.54, 1.807) is 0 Å². The van der Waals surface area contributed by atoms with E-state index in [4.69, 9.17) is 5.73 Å². The van der Waals surface area contributed by atoms with Crippen molar-refractivity contribution in [1.29, 1.82) is 0 Å². The maximum Gasteiger partial charge on any atom is 0.188 e. The van der Waals surface area contributed by atoms with Crippen molar-refractivity contribution in [2.45, 2.75) is 33.6 Å². The Kier molecular flexibility index (Phi) is 7.72. The van der Waals surface area contributed by atoms with E-state index >= 15 is 0 Å². The molecule has 0 aliphatic carbocycles. The summed E-state index contributed by atoms with van der Waals surface area (Å²) in [5.74, 6) is 1.21. The molecule has 0 fully saturated rings. The Bertz CT molecular complexity index is 616. The molecule has 4 N–H and O–H groups in total. The summed E-state index contributed by atoms with van der Waals surface area (Å²) in [5, 5.41) is 4.50. The Morgan fingerprint density at radius 3 is 2.77 bits per heavy atom. The third kappa shape index (κ3) is 5.19. The fourth-order valence-corrected chi connectivity index (χ4v) is 2.47. The number of nitrogens with one attached hydrogen (secondary N) is 2. The van der Waals surface area contributed by atoms with Crippen LogP contribution in [-0.4, -0.2) is 24.0 Å². The van der Waals surface area contributed by atoms with E-state index in [0.29, 0.717) is 11.9 Å². The number of aromatic nitrogens is 1. The summed E-state index contributed by atoms with van der Waals surface area (Å²) in [7, 11) is 0. The second-order valence-electron chi connectivity index (χ2n) is 5.90. The Morgan fingerprint density at radius 1 is 1.32 bits per heavy atom. The van der Waals surface area contributed by atoms with Crippen LogP contribution in [-0.2, 0) is 6.42 Å². The zero-order valence-electron chi connectivity index (χ0n) is 13.6. The Labute approximate surface area is 150 Å².